The fourth-order valence-corrected chi connectivity index (χ4v) is 1.85. The van der Waals surface area contributed by atoms with Crippen LogP contribution in [0.25, 0.3) is 0 Å². The molecule has 1 N–H and O–H groups in total. The predicted molar refractivity (Wildman–Crippen MR) is 67.6 cm³/mol. The highest BCUT2D eigenvalue weighted by atomic mass is 32.1. The molecular weight excluding hydrogens is 224 g/mol. The molecule has 1 fully saturated rings. The number of hydrogen-bond donors (Lipinski definition) is 2. The Morgan fingerprint density at radius 2 is 2.25 bits per heavy atom. The van der Waals surface area contributed by atoms with E-state index in [4.69, 9.17) is 5.11 Å². The van der Waals surface area contributed by atoms with E-state index in [9.17, 15) is 4.79 Å². The maximum atomic E-state index is 10.6. The smallest absolute Gasteiger partial charge is 0.316 e. The van der Waals surface area contributed by atoms with Crippen LogP contribution < -0.4 is 0 Å². The average Bonchev–Trinajstić information content (AvgIpc) is 2.38. The van der Waals surface area contributed by atoms with Crippen molar-refractivity contribution in [3.8, 4) is 0 Å². The molecule has 16 heavy (non-hydrogen) atoms. The van der Waals surface area contributed by atoms with Crippen LogP contribution >= 0.6 is 12.6 Å². The van der Waals surface area contributed by atoms with E-state index >= 15 is 0 Å². The molecule has 0 aromatic carbocycles. The molecule has 0 aromatic heterocycles. The largest absolute Gasteiger partial charge is 0.480 e. The molecule has 1 aliphatic heterocycles. The van der Waals surface area contributed by atoms with Gasteiger partial charge in [0.2, 0.25) is 0 Å². The number of aliphatic carboxylic acids is 1. The number of nitrogens with zero attached hydrogens (tertiary/aromatic N) is 2. The third kappa shape index (κ3) is 2.52. The minimum Gasteiger partial charge on any atom is -0.480 e. The van der Waals surface area contributed by atoms with Crippen molar-refractivity contribution < 1.29 is 9.90 Å². The highest BCUT2D eigenvalue weighted by Gasteiger charge is 2.37. The topological polar surface area (TPSA) is 43.8 Å². The molecule has 0 aliphatic carbocycles. The van der Waals surface area contributed by atoms with Gasteiger partial charge in [-0.2, -0.15) is 12.6 Å². The lowest BCUT2D eigenvalue weighted by Gasteiger charge is -2.27. The Balaban J connectivity index is 2.52. The lowest BCUT2D eigenvalue weighted by molar-refractivity contribution is -0.136. The van der Waals surface area contributed by atoms with Gasteiger partial charge < -0.3 is 10.0 Å². The van der Waals surface area contributed by atoms with Crippen molar-refractivity contribution in [1.82, 2.24) is 9.80 Å². The van der Waals surface area contributed by atoms with E-state index in [0.717, 1.165) is 12.4 Å². The van der Waals surface area contributed by atoms with Crippen molar-refractivity contribution in [2.24, 2.45) is 0 Å². The summed E-state index contributed by atoms with van der Waals surface area (Å²) in [4.78, 5) is 15.0. The SMILES string of the molecule is C=C1N(CCC(S)C(=O)O)CN(C)C1(C)C. The van der Waals surface area contributed by atoms with E-state index in [2.05, 4.69) is 42.9 Å². The van der Waals surface area contributed by atoms with Crippen LogP contribution in [0, 0.1) is 0 Å². The number of likely N-dealkylation sites (N-methyl/N-ethyl adjacent to an activating group) is 1. The molecule has 1 rings (SSSR count). The molecule has 5 heteroatoms. The van der Waals surface area contributed by atoms with Gasteiger partial charge in [0.1, 0.15) is 5.25 Å². The van der Waals surface area contributed by atoms with Gasteiger partial charge in [0.05, 0.1) is 12.2 Å². The second-order valence-electron chi connectivity index (χ2n) is 4.75. The van der Waals surface area contributed by atoms with E-state index in [1.807, 2.05) is 7.05 Å². The van der Waals surface area contributed by atoms with Crippen LogP contribution in [-0.4, -0.2) is 51.9 Å². The van der Waals surface area contributed by atoms with E-state index < -0.39 is 11.2 Å². The number of carbonyl (C=O) groups is 1. The van der Waals surface area contributed by atoms with Crippen molar-refractivity contribution in [2.45, 2.75) is 31.1 Å². The normalized spacial score (nSPS) is 22.5. The Labute approximate surface area is 102 Å². The highest BCUT2D eigenvalue weighted by Crippen LogP contribution is 2.31. The fourth-order valence-electron chi connectivity index (χ4n) is 1.73. The number of carboxylic acid groups (broad SMARTS) is 1. The Bertz CT molecular complexity index is 304. The summed E-state index contributed by atoms with van der Waals surface area (Å²) in [5, 5.41) is 8.15. The van der Waals surface area contributed by atoms with Crippen LogP contribution in [0.5, 0.6) is 0 Å². The van der Waals surface area contributed by atoms with Crippen molar-refractivity contribution in [3.63, 3.8) is 0 Å². The molecule has 1 aliphatic rings. The van der Waals surface area contributed by atoms with E-state index in [0.29, 0.717) is 13.0 Å². The Kier molecular flexibility index (Phi) is 3.91. The summed E-state index contributed by atoms with van der Waals surface area (Å²) in [6.45, 7) is 9.79. The fraction of sp³-hybridized carbons (Fsp3) is 0.727. The molecule has 1 atom stereocenters. The third-order valence-corrected chi connectivity index (χ3v) is 3.86. The number of thiol groups is 1. The van der Waals surface area contributed by atoms with Crippen molar-refractivity contribution in [3.05, 3.63) is 12.3 Å². The first-order chi connectivity index (χ1) is 7.26. The van der Waals surface area contributed by atoms with Crippen molar-refractivity contribution in [1.29, 1.82) is 0 Å². The summed E-state index contributed by atoms with van der Waals surface area (Å²) in [6.07, 6.45) is 0.529. The first kappa shape index (κ1) is 13.4. The van der Waals surface area contributed by atoms with Gasteiger partial charge in [-0.3, -0.25) is 9.69 Å². The van der Waals surface area contributed by atoms with Crippen molar-refractivity contribution in [2.75, 3.05) is 20.3 Å². The summed E-state index contributed by atoms with van der Waals surface area (Å²) < 4.78 is 0. The molecule has 0 aromatic rings. The molecule has 0 saturated carbocycles. The van der Waals surface area contributed by atoms with Crippen LogP contribution in [0.1, 0.15) is 20.3 Å². The van der Waals surface area contributed by atoms with E-state index in [-0.39, 0.29) is 5.54 Å². The lowest BCUT2D eigenvalue weighted by Crippen LogP contribution is -2.35. The van der Waals surface area contributed by atoms with E-state index in [1.54, 1.807) is 0 Å². The first-order valence-corrected chi connectivity index (χ1v) is 5.85. The molecule has 0 radical (unpaired) electrons. The minimum atomic E-state index is -0.860. The molecule has 92 valence electrons. The van der Waals surface area contributed by atoms with Gasteiger partial charge in [0.15, 0.2) is 0 Å². The lowest BCUT2D eigenvalue weighted by atomic mass is 10.0. The second kappa shape index (κ2) is 4.67. The molecular formula is C11H20N2O2S. The Hall–Kier alpha value is -0.680. The summed E-state index contributed by atoms with van der Waals surface area (Å²) >= 11 is 4.02. The van der Waals surface area contributed by atoms with Gasteiger partial charge >= 0.3 is 5.97 Å². The molecule has 1 heterocycles. The summed E-state index contributed by atoms with van der Waals surface area (Å²) in [7, 11) is 2.04. The summed E-state index contributed by atoms with van der Waals surface area (Å²) in [6, 6.07) is 0. The average molecular weight is 244 g/mol. The van der Waals surface area contributed by atoms with Gasteiger partial charge in [0.25, 0.3) is 0 Å². The van der Waals surface area contributed by atoms with Gasteiger partial charge in [0, 0.05) is 12.2 Å². The number of rotatable bonds is 4. The third-order valence-electron chi connectivity index (χ3n) is 3.38. The quantitative estimate of drug-likeness (QED) is 0.731. The number of hydrogen-bond acceptors (Lipinski definition) is 4. The Morgan fingerprint density at radius 3 is 2.62 bits per heavy atom. The van der Waals surface area contributed by atoms with Gasteiger partial charge in [-0.1, -0.05) is 6.58 Å². The highest BCUT2D eigenvalue weighted by molar-refractivity contribution is 7.81. The first-order valence-electron chi connectivity index (χ1n) is 5.33. The number of carboxylic acids is 1. The molecule has 0 amide bonds. The molecule has 1 unspecified atom stereocenters. The minimum absolute atomic E-state index is 0.0463. The van der Waals surface area contributed by atoms with Crippen LogP contribution in [0.3, 0.4) is 0 Å². The Morgan fingerprint density at radius 1 is 1.69 bits per heavy atom. The van der Waals surface area contributed by atoms with Gasteiger partial charge in [-0.05, 0) is 27.3 Å². The van der Waals surface area contributed by atoms with Crippen molar-refractivity contribution >= 4 is 18.6 Å². The summed E-state index contributed by atoms with van der Waals surface area (Å²) in [5.41, 5.74) is 0.996. The zero-order valence-electron chi connectivity index (χ0n) is 10.1. The predicted octanol–water partition coefficient (Wildman–Crippen LogP) is 1.26. The maximum absolute atomic E-state index is 10.6. The molecule has 4 nitrogen and oxygen atoms in total. The zero-order chi connectivity index (χ0) is 12.5. The maximum Gasteiger partial charge on any atom is 0.316 e. The zero-order valence-corrected chi connectivity index (χ0v) is 11.0. The molecule has 0 bridgehead atoms. The molecule has 1 saturated heterocycles. The van der Waals surface area contributed by atoms with Gasteiger partial charge in [-0.25, -0.2) is 0 Å². The van der Waals surface area contributed by atoms with Crippen LogP contribution in [0.2, 0.25) is 0 Å². The standard InChI is InChI=1S/C11H20N2O2S/c1-8-11(2,3)12(4)7-13(8)6-5-9(16)10(14)15/h9,16H,1,5-7H2,2-4H3,(H,14,15). The van der Waals surface area contributed by atoms with Crippen LogP contribution in [-0.2, 0) is 4.79 Å². The van der Waals surface area contributed by atoms with Gasteiger partial charge in [-0.15, -0.1) is 0 Å². The second-order valence-corrected chi connectivity index (χ2v) is 5.37. The van der Waals surface area contributed by atoms with E-state index in [1.165, 1.54) is 0 Å². The van der Waals surface area contributed by atoms with Crippen LogP contribution in [0.15, 0.2) is 12.3 Å². The summed E-state index contributed by atoms with van der Waals surface area (Å²) in [5.74, 6) is -0.860. The molecule has 0 spiro atoms. The monoisotopic (exact) mass is 244 g/mol. The van der Waals surface area contributed by atoms with Crippen LogP contribution in [0.4, 0.5) is 0 Å².